The second-order valence-electron chi connectivity index (χ2n) is 5.12. The van der Waals surface area contributed by atoms with Crippen LogP contribution in [0.3, 0.4) is 0 Å². The van der Waals surface area contributed by atoms with Crippen LogP contribution < -0.4 is 10.9 Å². The third kappa shape index (κ3) is 2.79. The minimum absolute atomic E-state index is 0.184. The first-order chi connectivity index (χ1) is 11.0. The zero-order valence-electron chi connectivity index (χ0n) is 12.4. The average molecular weight is 395 g/mol. The number of nitrogens with zero attached hydrogens (tertiary/aromatic N) is 1. The quantitative estimate of drug-likeness (QED) is 0.839. The Morgan fingerprint density at radius 1 is 1.35 bits per heavy atom. The lowest BCUT2D eigenvalue weighted by Gasteiger charge is -2.16. The van der Waals surface area contributed by atoms with Gasteiger partial charge in [0.05, 0.1) is 0 Å². The van der Waals surface area contributed by atoms with E-state index >= 15 is 0 Å². The molecule has 1 aliphatic heterocycles. The van der Waals surface area contributed by atoms with E-state index in [0.717, 1.165) is 10.2 Å². The topological polar surface area (TPSA) is 71.3 Å². The van der Waals surface area contributed by atoms with Gasteiger partial charge in [-0.3, -0.25) is 14.2 Å². The summed E-state index contributed by atoms with van der Waals surface area (Å²) in [7, 11) is 0. The Kier molecular flexibility index (Phi) is 4.50. The van der Waals surface area contributed by atoms with Crippen molar-refractivity contribution < 1.29 is 9.90 Å². The number of nitrogens with one attached hydrogen (secondary N) is 1. The summed E-state index contributed by atoms with van der Waals surface area (Å²) in [5.41, 5.74) is 1.43. The van der Waals surface area contributed by atoms with Gasteiger partial charge in [-0.25, -0.2) is 0 Å². The summed E-state index contributed by atoms with van der Waals surface area (Å²) in [4.78, 5) is 25.1. The molecule has 1 amide bonds. The molecule has 23 heavy (non-hydrogen) atoms. The van der Waals surface area contributed by atoms with Crippen LogP contribution in [-0.2, 0) is 11.5 Å². The highest BCUT2D eigenvalue weighted by molar-refractivity contribution is 9.10. The molecule has 1 aromatic heterocycles. The van der Waals surface area contributed by atoms with Gasteiger partial charge < -0.3 is 10.4 Å². The maximum atomic E-state index is 12.9. The zero-order chi connectivity index (χ0) is 16.6. The van der Waals surface area contributed by atoms with E-state index in [0.29, 0.717) is 29.3 Å². The molecule has 3 rings (SSSR count). The minimum atomic E-state index is -0.541. The predicted molar refractivity (Wildman–Crippen MR) is 94.4 cm³/mol. The highest BCUT2D eigenvalue weighted by atomic mass is 79.9. The lowest BCUT2D eigenvalue weighted by atomic mass is 10.1. The summed E-state index contributed by atoms with van der Waals surface area (Å²) in [5, 5.41) is 13.0. The standard InChI is InChI=1S/C16H15BrN2O3S/c1-2-18-15(21)13-14(20)11-7-23-8-12(11)19(16(13)22)10-5-3-9(17)4-6-10/h3-6,20H,2,7-8H2,1H3,(H,18,21). The molecule has 1 aliphatic rings. The lowest BCUT2D eigenvalue weighted by molar-refractivity contribution is 0.0951. The first-order valence-corrected chi connectivity index (χ1v) is 9.11. The summed E-state index contributed by atoms with van der Waals surface area (Å²) in [6.45, 7) is 2.16. The molecule has 0 radical (unpaired) electrons. The van der Waals surface area contributed by atoms with Crippen molar-refractivity contribution in [2.45, 2.75) is 18.4 Å². The number of benzene rings is 1. The van der Waals surface area contributed by atoms with Gasteiger partial charge in [0.2, 0.25) is 0 Å². The van der Waals surface area contributed by atoms with E-state index in [2.05, 4.69) is 21.2 Å². The van der Waals surface area contributed by atoms with E-state index in [1.54, 1.807) is 18.7 Å². The molecule has 1 aromatic carbocycles. The summed E-state index contributed by atoms with van der Waals surface area (Å²) >= 11 is 4.98. The van der Waals surface area contributed by atoms with Crippen LogP contribution in [0, 0.1) is 0 Å². The molecule has 2 aromatic rings. The molecular formula is C16H15BrN2O3S. The SMILES string of the molecule is CCNC(=O)c1c(O)c2c(n(-c3ccc(Br)cc3)c1=O)CSC2. The fourth-order valence-electron chi connectivity index (χ4n) is 2.63. The Morgan fingerprint density at radius 2 is 2.04 bits per heavy atom. The number of hydrogen-bond donors (Lipinski definition) is 2. The number of aromatic nitrogens is 1. The third-order valence-electron chi connectivity index (χ3n) is 3.69. The molecule has 0 fully saturated rings. The zero-order valence-corrected chi connectivity index (χ0v) is 14.8. The van der Waals surface area contributed by atoms with Crippen LogP contribution in [0.1, 0.15) is 28.5 Å². The van der Waals surface area contributed by atoms with Crippen molar-refractivity contribution in [3.63, 3.8) is 0 Å². The van der Waals surface area contributed by atoms with Crippen molar-refractivity contribution in [1.29, 1.82) is 0 Å². The van der Waals surface area contributed by atoms with E-state index in [1.807, 2.05) is 24.3 Å². The van der Waals surface area contributed by atoms with E-state index in [9.17, 15) is 14.7 Å². The first kappa shape index (κ1) is 16.1. The van der Waals surface area contributed by atoms with Crippen LogP contribution >= 0.6 is 27.7 Å². The van der Waals surface area contributed by atoms with Gasteiger partial charge in [0.1, 0.15) is 11.3 Å². The molecule has 0 aliphatic carbocycles. The Hall–Kier alpha value is -1.73. The summed E-state index contributed by atoms with van der Waals surface area (Å²) < 4.78 is 2.44. The van der Waals surface area contributed by atoms with Crippen molar-refractivity contribution >= 4 is 33.6 Å². The van der Waals surface area contributed by atoms with Crippen molar-refractivity contribution in [3.05, 3.63) is 55.9 Å². The number of rotatable bonds is 3. The highest BCUT2D eigenvalue weighted by Crippen LogP contribution is 2.37. The van der Waals surface area contributed by atoms with Crippen molar-refractivity contribution in [1.82, 2.24) is 9.88 Å². The summed E-state index contributed by atoms with van der Waals surface area (Å²) in [6, 6.07) is 7.31. The van der Waals surface area contributed by atoms with Gasteiger partial charge >= 0.3 is 0 Å². The van der Waals surface area contributed by atoms with Gasteiger partial charge in [0, 0.05) is 39.5 Å². The van der Waals surface area contributed by atoms with Crippen LogP contribution in [0.2, 0.25) is 0 Å². The number of carbonyl (C=O) groups excluding carboxylic acids is 1. The number of halogens is 1. The van der Waals surface area contributed by atoms with Gasteiger partial charge in [-0.15, -0.1) is 0 Å². The first-order valence-electron chi connectivity index (χ1n) is 7.16. The number of fused-ring (bicyclic) bond motifs is 1. The third-order valence-corrected chi connectivity index (χ3v) is 5.19. The van der Waals surface area contributed by atoms with Gasteiger partial charge in [0.15, 0.2) is 0 Å². The van der Waals surface area contributed by atoms with Gasteiger partial charge in [-0.2, -0.15) is 11.8 Å². The molecule has 0 saturated heterocycles. The Morgan fingerprint density at radius 3 is 2.70 bits per heavy atom. The number of amides is 1. The number of thioether (sulfide) groups is 1. The molecular weight excluding hydrogens is 380 g/mol. The largest absolute Gasteiger partial charge is 0.507 e. The van der Waals surface area contributed by atoms with Crippen molar-refractivity contribution in [3.8, 4) is 11.4 Å². The maximum Gasteiger partial charge on any atom is 0.272 e. The fourth-order valence-corrected chi connectivity index (χ4v) is 4.00. The normalized spacial score (nSPS) is 13.0. The molecule has 120 valence electrons. The fraction of sp³-hybridized carbons (Fsp3) is 0.250. The van der Waals surface area contributed by atoms with Crippen molar-refractivity contribution in [2.24, 2.45) is 0 Å². The molecule has 0 unspecified atom stereocenters. The monoisotopic (exact) mass is 394 g/mol. The number of hydrogen-bond acceptors (Lipinski definition) is 4. The van der Waals surface area contributed by atoms with Crippen LogP contribution in [-0.4, -0.2) is 22.1 Å². The Labute approximate surface area is 145 Å². The number of aromatic hydroxyl groups is 1. The Bertz CT molecular complexity index is 831. The minimum Gasteiger partial charge on any atom is -0.507 e. The van der Waals surface area contributed by atoms with E-state index in [1.165, 1.54) is 4.57 Å². The van der Waals surface area contributed by atoms with E-state index in [-0.39, 0.29) is 11.3 Å². The lowest BCUT2D eigenvalue weighted by Crippen LogP contribution is -2.34. The van der Waals surface area contributed by atoms with Crippen LogP contribution in [0.15, 0.2) is 33.5 Å². The van der Waals surface area contributed by atoms with Crippen LogP contribution in [0.4, 0.5) is 0 Å². The van der Waals surface area contributed by atoms with E-state index in [4.69, 9.17) is 0 Å². The molecule has 2 N–H and O–H groups in total. The molecule has 5 nitrogen and oxygen atoms in total. The van der Waals surface area contributed by atoms with Gasteiger partial charge in [-0.1, -0.05) is 15.9 Å². The second kappa shape index (κ2) is 6.41. The number of pyridine rings is 1. The van der Waals surface area contributed by atoms with Gasteiger partial charge in [-0.05, 0) is 31.2 Å². The van der Waals surface area contributed by atoms with Crippen molar-refractivity contribution in [2.75, 3.05) is 6.54 Å². The average Bonchev–Trinajstić information content (AvgIpc) is 2.99. The van der Waals surface area contributed by atoms with Gasteiger partial charge in [0.25, 0.3) is 11.5 Å². The van der Waals surface area contributed by atoms with Crippen LogP contribution in [0.25, 0.3) is 5.69 Å². The molecule has 0 spiro atoms. The highest BCUT2D eigenvalue weighted by Gasteiger charge is 2.28. The molecule has 2 heterocycles. The predicted octanol–water partition coefficient (Wildman–Crippen LogP) is 2.80. The second-order valence-corrected chi connectivity index (χ2v) is 7.02. The van der Waals surface area contributed by atoms with Crippen LogP contribution in [0.5, 0.6) is 5.75 Å². The summed E-state index contributed by atoms with van der Waals surface area (Å²) in [5.74, 6) is 0.490. The maximum absolute atomic E-state index is 12.9. The number of carbonyl (C=O) groups is 1. The summed E-state index contributed by atoms with van der Waals surface area (Å²) in [6.07, 6.45) is 0. The molecule has 0 bridgehead atoms. The molecule has 0 saturated carbocycles. The smallest absolute Gasteiger partial charge is 0.272 e. The molecule has 7 heteroatoms. The van der Waals surface area contributed by atoms with E-state index < -0.39 is 11.5 Å². The molecule has 0 atom stereocenters. The Balaban J connectivity index is 2.29.